The van der Waals surface area contributed by atoms with Crippen molar-refractivity contribution in [1.29, 1.82) is 0 Å². The van der Waals surface area contributed by atoms with Crippen LogP contribution < -0.4 is 20.1 Å². The van der Waals surface area contributed by atoms with Crippen LogP contribution in [0.1, 0.15) is 28.8 Å². The van der Waals surface area contributed by atoms with Crippen molar-refractivity contribution in [2.75, 3.05) is 24.9 Å². The van der Waals surface area contributed by atoms with Crippen LogP contribution in [0.25, 0.3) is 0 Å². The van der Waals surface area contributed by atoms with Crippen LogP contribution in [0.3, 0.4) is 0 Å². The van der Waals surface area contributed by atoms with Gasteiger partial charge in [-0.25, -0.2) is 0 Å². The summed E-state index contributed by atoms with van der Waals surface area (Å²) in [5.41, 5.74) is 3.11. The number of anilines is 2. The number of rotatable bonds is 2. The summed E-state index contributed by atoms with van der Waals surface area (Å²) in [5.74, 6) is 0.578. The first kappa shape index (κ1) is 17.9. The Morgan fingerprint density at radius 2 is 1.54 bits per heavy atom. The number of ether oxygens (including phenoxy) is 2. The quantitative estimate of drug-likeness (QED) is 0.623. The van der Waals surface area contributed by atoms with E-state index in [0.717, 1.165) is 16.4 Å². The minimum atomic E-state index is -0.598. The van der Waals surface area contributed by atoms with Gasteiger partial charge >= 0.3 is 0 Å². The maximum Gasteiger partial charge on any atom is 0.296 e. The molecule has 0 spiro atoms. The number of para-hydroxylation sites is 2. The molecule has 1 unspecified atom stereocenters. The van der Waals surface area contributed by atoms with Crippen molar-refractivity contribution < 1.29 is 19.1 Å². The molecule has 1 amide bonds. The van der Waals surface area contributed by atoms with E-state index in [0.29, 0.717) is 22.9 Å². The smallest absolute Gasteiger partial charge is 0.296 e. The fourth-order valence-corrected chi connectivity index (χ4v) is 3.13. The van der Waals surface area contributed by atoms with Crippen LogP contribution in [0.5, 0.6) is 11.5 Å². The molecule has 26 heavy (non-hydrogen) atoms. The van der Waals surface area contributed by atoms with Crippen molar-refractivity contribution in [3.8, 4) is 11.5 Å². The Kier molecular flexibility index (Phi) is 4.90. The van der Waals surface area contributed by atoms with E-state index in [1.54, 1.807) is 25.3 Å². The van der Waals surface area contributed by atoms with E-state index in [2.05, 4.69) is 23.6 Å². The van der Waals surface area contributed by atoms with Crippen molar-refractivity contribution in [3.63, 3.8) is 0 Å². The number of amides is 1. The van der Waals surface area contributed by atoms with E-state index < -0.39 is 11.7 Å². The van der Waals surface area contributed by atoms with Crippen LogP contribution in [-0.2, 0) is 4.79 Å². The zero-order valence-corrected chi connectivity index (χ0v) is 15.4. The molecule has 6 nitrogen and oxygen atoms in total. The topological polar surface area (TPSA) is 76.7 Å². The first-order chi connectivity index (χ1) is 12.5. The monoisotopic (exact) mass is 370 g/mol. The van der Waals surface area contributed by atoms with Crippen LogP contribution in [0.4, 0.5) is 11.4 Å². The fraction of sp³-hybridized carbons (Fsp3) is 0.211. The van der Waals surface area contributed by atoms with Crippen molar-refractivity contribution >= 4 is 40.3 Å². The van der Waals surface area contributed by atoms with Gasteiger partial charge in [0.1, 0.15) is 11.5 Å². The average Bonchev–Trinajstić information content (AvgIpc) is 3.12. The second kappa shape index (κ2) is 7.13. The lowest BCUT2D eigenvalue weighted by atomic mass is 10.0. The molecule has 134 valence electrons. The minimum absolute atomic E-state index is 0.306. The average molecular weight is 370 g/mol. The van der Waals surface area contributed by atoms with Crippen LogP contribution in [0.15, 0.2) is 36.4 Å². The van der Waals surface area contributed by atoms with Crippen molar-refractivity contribution in [2.45, 2.75) is 12.8 Å². The number of hydrogen-bond acceptors (Lipinski definition) is 5. The van der Waals surface area contributed by atoms with Crippen LogP contribution in [-0.4, -0.2) is 30.9 Å². The third kappa shape index (κ3) is 3.01. The van der Waals surface area contributed by atoms with E-state index in [9.17, 15) is 9.59 Å². The van der Waals surface area contributed by atoms with Gasteiger partial charge in [0, 0.05) is 5.92 Å². The number of carbonyl (C=O) groups is 2. The number of ketones is 1. The van der Waals surface area contributed by atoms with Gasteiger partial charge in [0.2, 0.25) is 0 Å². The third-order valence-electron chi connectivity index (χ3n) is 4.32. The number of benzene rings is 2. The molecule has 2 aromatic rings. The van der Waals surface area contributed by atoms with Crippen LogP contribution >= 0.6 is 12.2 Å². The summed E-state index contributed by atoms with van der Waals surface area (Å²) < 4.78 is 10.2. The van der Waals surface area contributed by atoms with E-state index in [-0.39, 0.29) is 0 Å². The molecular formula is C19H18N2O4S. The van der Waals surface area contributed by atoms with Gasteiger partial charge in [0.15, 0.2) is 0 Å². The molecule has 2 aliphatic rings. The number of fused-ring (bicyclic) bond motifs is 2. The summed E-state index contributed by atoms with van der Waals surface area (Å²) in [6, 6.07) is 11.0. The Balaban J connectivity index is 0.000000151. The summed E-state index contributed by atoms with van der Waals surface area (Å²) in [5, 5.41) is 5.63. The van der Waals surface area contributed by atoms with Crippen LogP contribution in [0.2, 0.25) is 0 Å². The molecule has 0 aliphatic carbocycles. The molecule has 0 fully saturated rings. The molecule has 0 bridgehead atoms. The number of carbonyl (C=O) groups excluding carboxylic acids is 2. The van der Waals surface area contributed by atoms with Crippen LogP contribution in [0, 0.1) is 0 Å². The number of methoxy groups -OCH3 is 2. The Hall–Kier alpha value is -2.93. The third-order valence-corrected chi connectivity index (χ3v) is 4.78. The largest absolute Gasteiger partial charge is 0.495 e. The first-order valence-corrected chi connectivity index (χ1v) is 8.39. The zero-order chi connectivity index (χ0) is 18.8. The second-order valence-electron chi connectivity index (χ2n) is 5.80. The molecule has 7 heteroatoms. The Morgan fingerprint density at radius 3 is 2.19 bits per heavy atom. The van der Waals surface area contributed by atoms with E-state index in [4.69, 9.17) is 21.7 Å². The summed E-state index contributed by atoms with van der Waals surface area (Å²) in [6.45, 7) is 2.10. The molecule has 0 saturated carbocycles. The molecule has 0 saturated heterocycles. The van der Waals surface area contributed by atoms with Gasteiger partial charge in [0.25, 0.3) is 11.7 Å². The Bertz CT molecular complexity index is 910. The van der Waals surface area contributed by atoms with Gasteiger partial charge < -0.3 is 20.1 Å². The normalized spacial score (nSPS) is 16.7. The Morgan fingerprint density at radius 1 is 0.923 bits per heavy atom. The van der Waals surface area contributed by atoms with Gasteiger partial charge in [-0.05, 0) is 23.8 Å². The number of hydrogen-bond donors (Lipinski definition) is 2. The van der Waals surface area contributed by atoms with Crippen molar-refractivity contribution in [2.24, 2.45) is 0 Å². The predicted molar refractivity (Wildman–Crippen MR) is 104 cm³/mol. The molecule has 0 radical (unpaired) electrons. The number of Topliss-reactive ketones (excluding diaryl/α,β-unsaturated/α-hetero) is 1. The molecule has 2 heterocycles. The van der Waals surface area contributed by atoms with Gasteiger partial charge in [0.05, 0.1) is 36.1 Å². The summed E-state index contributed by atoms with van der Waals surface area (Å²) >= 11 is 5.19. The highest BCUT2D eigenvalue weighted by molar-refractivity contribution is 7.80. The van der Waals surface area contributed by atoms with E-state index in [1.807, 2.05) is 12.1 Å². The standard InChI is InChI=1S/C10H11NOS.C9H7NO3/c1-6-7-4-3-5-8(12-2)9(7)11-10(6)13;1-13-6-4-2-3-5-7(6)10-9(12)8(5)11/h3-6H,1-2H3,(H,11,13);2-4H,1H3,(H,10,11,12). The molecule has 2 aliphatic heterocycles. The van der Waals surface area contributed by atoms with Gasteiger partial charge in [-0.2, -0.15) is 0 Å². The van der Waals surface area contributed by atoms with Crippen molar-refractivity contribution in [1.82, 2.24) is 0 Å². The minimum Gasteiger partial charge on any atom is -0.495 e. The van der Waals surface area contributed by atoms with E-state index in [1.165, 1.54) is 12.7 Å². The zero-order valence-electron chi connectivity index (χ0n) is 14.6. The molecule has 4 rings (SSSR count). The van der Waals surface area contributed by atoms with E-state index >= 15 is 0 Å². The van der Waals surface area contributed by atoms with Gasteiger partial charge in [-0.3, -0.25) is 9.59 Å². The molecule has 0 aromatic heterocycles. The lowest BCUT2D eigenvalue weighted by molar-refractivity contribution is -0.112. The lowest BCUT2D eigenvalue weighted by Gasteiger charge is -2.06. The second-order valence-corrected chi connectivity index (χ2v) is 6.24. The highest BCUT2D eigenvalue weighted by Gasteiger charge is 2.30. The highest BCUT2D eigenvalue weighted by atomic mass is 32.1. The van der Waals surface area contributed by atoms with Gasteiger partial charge in [-0.15, -0.1) is 0 Å². The maximum atomic E-state index is 11.2. The highest BCUT2D eigenvalue weighted by Crippen LogP contribution is 2.39. The predicted octanol–water partition coefficient (Wildman–Crippen LogP) is 3.38. The molecular weight excluding hydrogens is 352 g/mol. The molecule has 2 N–H and O–H groups in total. The summed E-state index contributed by atoms with van der Waals surface area (Å²) in [6.07, 6.45) is 0. The SMILES string of the molecule is COc1cccc2c1NC(=O)C2=O.COc1cccc2c1NC(=S)C2C. The number of thiocarbonyl (C=S) groups is 1. The van der Waals surface area contributed by atoms with Crippen molar-refractivity contribution in [3.05, 3.63) is 47.5 Å². The first-order valence-electron chi connectivity index (χ1n) is 7.98. The molecule has 2 aromatic carbocycles. The lowest BCUT2D eigenvalue weighted by Crippen LogP contribution is -2.12. The summed E-state index contributed by atoms with van der Waals surface area (Å²) in [7, 11) is 3.16. The fourth-order valence-electron chi connectivity index (χ4n) is 2.90. The Labute approximate surface area is 156 Å². The maximum absolute atomic E-state index is 11.2. The molecule has 1 atom stereocenters. The summed E-state index contributed by atoms with van der Waals surface area (Å²) in [4.78, 5) is 23.1. The number of nitrogens with one attached hydrogen (secondary N) is 2. The van der Waals surface area contributed by atoms with Gasteiger partial charge in [-0.1, -0.05) is 37.3 Å².